The molecule has 1 N–H and O–H groups in total. The Morgan fingerprint density at radius 3 is 2.14 bits per heavy atom. The van der Waals surface area contributed by atoms with Gasteiger partial charge in [0.15, 0.2) is 17.5 Å². The zero-order chi connectivity index (χ0) is 33.2. The number of nitrogens with zero attached hydrogens (tertiary/aromatic N) is 4. The van der Waals surface area contributed by atoms with E-state index in [1.54, 1.807) is 0 Å². The van der Waals surface area contributed by atoms with Crippen LogP contribution >= 0.6 is 0 Å². The first-order valence-corrected chi connectivity index (χ1v) is 16.4. The summed E-state index contributed by atoms with van der Waals surface area (Å²) in [5, 5.41) is 7.91. The first kappa shape index (κ1) is 29.9. The zero-order valence-corrected chi connectivity index (χ0v) is 27.1. The molecule has 3 heterocycles. The van der Waals surface area contributed by atoms with E-state index in [1.807, 2.05) is 55.7 Å². The minimum atomic E-state index is 0.0666. The molecule has 5 heteroatoms. The molecular formula is C44H33N5. The lowest BCUT2D eigenvalue weighted by molar-refractivity contribution is 0.721. The van der Waals surface area contributed by atoms with Gasteiger partial charge in [-0.05, 0) is 57.8 Å². The predicted molar refractivity (Wildman–Crippen MR) is 200 cm³/mol. The van der Waals surface area contributed by atoms with Crippen molar-refractivity contribution in [3.8, 4) is 34.0 Å². The Balaban J connectivity index is 1.24. The van der Waals surface area contributed by atoms with Gasteiger partial charge in [-0.3, -0.25) is 4.98 Å². The Hall–Kier alpha value is -6.46. The van der Waals surface area contributed by atoms with Gasteiger partial charge in [0.1, 0.15) is 0 Å². The monoisotopic (exact) mass is 631 g/mol. The molecule has 0 saturated heterocycles. The average Bonchev–Trinajstić information content (AvgIpc) is 3.18. The average molecular weight is 632 g/mol. The van der Waals surface area contributed by atoms with Crippen LogP contribution in [0.1, 0.15) is 35.5 Å². The second-order valence-electron chi connectivity index (χ2n) is 11.9. The number of nitrogens with one attached hydrogen (secondary N) is 1. The van der Waals surface area contributed by atoms with Gasteiger partial charge >= 0.3 is 0 Å². The third kappa shape index (κ3) is 5.72. The highest BCUT2D eigenvalue weighted by atomic mass is 15.0. The third-order valence-corrected chi connectivity index (χ3v) is 9.07. The summed E-state index contributed by atoms with van der Waals surface area (Å²) >= 11 is 0. The first-order chi connectivity index (χ1) is 24.2. The molecule has 1 aliphatic heterocycles. The standard InChI is InChI=1S/C44H33N5/c1-3-29-11-5-8-14-37(29)36(4-2)44-48-42(34-21-17-32(18-22-34)40-38-15-9-6-12-30(38)25-27-45-40)47-43(49-44)35-23-19-33(20-24-35)41-39-16-10-7-13-31(39)26-28-46-41/h3-28,40,45H,2H2,1H3/b29-3-,37-36+. The van der Waals surface area contributed by atoms with Crippen LogP contribution in [0.15, 0.2) is 152 Å². The maximum absolute atomic E-state index is 5.05. The number of allylic oxidation sites excluding steroid dienone is 1. The predicted octanol–water partition coefficient (Wildman–Crippen LogP) is 8.27. The minimum absolute atomic E-state index is 0.0666. The van der Waals surface area contributed by atoms with Gasteiger partial charge in [-0.15, -0.1) is 0 Å². The summed E-state index contributed by atoms with van der Waals surface area (Å²) in [6, 6.07) is 43.9. The van der Waals surface area contributed by atoms with Crippen molar-refractivity contribution >= 4 is 28.5 Å². The maximum atomic E-state index is 5.05. The fourth-order valence-electron chi connectivity index (χ4n) is 6.55. The largest absolute Gasteiger partial charge is 0.380 e. The molecule has 1 aliphatic rings. The topological polar surface area (TPSA) is 63.6 Å². The molecule has 234 valence electrons. The van der Waals surface area contributed by atoms with Crippen LogP contribution in [-0.4, -0.2) is 19.9 Å². The van der Waals surface area contributed by atoms with E-state index in [2.05, 4.69) is 121 Å². The van der Waals surface area contributed by atoms with Crippen molar-refractivity contribution in [3.05, 3.63) is 185 Å². The second kappa shape index (κ2) is 13.0. The van der Waals surface area contributed by atoms with Gasteiger partial charge in [0, 0.05) is 33.8 Å². The van der Waals surface area contributed by atoms with E-state index in [0.29, 0.717) is 17.5 Å². The Labute approximate surface area is 285 Å². The molecule has 7 aromatic rings. The van der Waals surface area contributed by atoms with Crippen molar-refractivity contribution in [1.29, 1.82) is 0 Å². The zero-order valence-electron chi connectivity index (χ0n) is 27.1. The Morgan fingerprint density at radius 1 is 0.694 bits per heavy atom. The summed E-state index contributed by atoms with van der Waals surface area (Å²) in [5.74, 6) is 1.76. The van der Waals surface area contributed by atoms with E-state index in [1.165, 1.54) is 16.7 Å². The van der Waals surface area contributed by atoms with E-state index in [9.17, 15) is 0 Å². The number of rotatable bonds is 6. The molecule has 0 bridgehead atoms. The number of hydrogen-bond acceptors (Lipinski definition) is 5. The maximum Gasteiger partial charge on any atom is 0.164 e. The number of hydrogen-bond donors (Lipinski definition) is 1. The van der Waals surface area contributed by atoms with Crippen molar-refractivity contribution in [2.45, 2.75) is 13.0 Å². The van der Waals surface area contributed by atoms with E-state index in [0.717, 1.165) is 49.2 Å². The Morgan fingerprint density at radius 2 is 1.37 bits per heavy atom. The molecule has 49 heavy (non-hydrogen) atoms. The summed E-state index contributed by atoms with van der Waals surface area (Å²) in [5.41, 5.74) is 8.26. The van der Waals surface area contributed by atoms with Gasteiger partial charge in [0.25, 0.3) is 0 Å². The normalized spacial score (nSPS) is 14.6. The van der Waals surface area contributed by atoms with Crippen molar-refractivity contribution in [2.75, 3.05) is 0 Å². The number of aromatic nitrogens is 4. The lowest BCUT2D eigenvalue weighted by Crippen LogP contribution is -2.26. The molecule has 1 unspecified atom stereocenters. The third-order valence-electron chi connectivity index (χ3n) is 9.07. The van der Waals surface area contributed by atoms with Crippen LogP contribution in [0.25, 0.3) is 62.5 Å². The van der Waals surface area contributed by atoms with Crippen molar-refractivity contribution in [2.24, 2.45) is 0 Å². The lowest BCUT2D eigenvalue weighted by atomic mass is 9.92. The highest BCUT2D eigenvalue weighted by Crippen LogP contribution is 2.32. The quantitative estimate of drug-likeness (QED) is 0.200. The first-order valence-electron chi connectivity index (χ1n) is 16.4. The smallest absolute Gasteiger partial charge is 0.164 e. The lowest BCUT2D eigenvalue weighted by Gasteiger charge is -2.24. The van der Waals surface area contributed by atoms with E-state index in [-0.39, 0.29) is 6.04 Å². The van der Waals surface area contributed by atoms with E-state index < -0.39 is 0 Å². The highest BCUT2D eigenvalue weighted by Gasteiger charge is 2.19. The van der Waals surface area contributed by atoms with Crippen LogP contribution in [-0.2, 0) is 0 Å². The summed E-state index contributed by atoms with van der Waals surface area (Å²) in [6.45, 7) is 6.21. The van der Waals surface area contributed by atoms with E-state index in [4.69, 9.17) is 19.9 Å². The molecule has 0 saturated carbocycles. The fraction of sp³-hybridized carbons (Fsp3) is 0.0455. The van der Waals surface area contributed by atoms with Gasteiger partial charge in [-0.25, -0.2) is 15.0 Å². The van der Waals surface area contributed by atoms with Crippen molar-refractivity contribution in [1.82, 2.24) is 25.3 Å². The molecule has 5 aromatic carbocycles. The second-order valence-corrected chi connectivity index (χ2v) is 11.9. The molecule has 8 rings (SSSR count). The molecule has 1 atom stereocenters. The number of benzene rings is 5. The number of fused-ring (bicyclic) bond motifs is 2. The molecule has 0 fully saturated rings. The molecule has 2 aromatic heterocycles. The van der Waals surface area contributed by atoms with Crippen molar-refractivity contribution in [3.63, 3.8) is 0 Å². The van der Waals surface area contributed by atoms with Gasteiger partial charge in [0.2, 0.25) is 0 Å². The van der Waals surface area contributed by atoms with Crippen LogP contribution in [0, 0.1) is 0 Å². The molecule has 5 nitrogen and oxygen atoms in total. The van der Waals surface area contributed by atoms with Crippen LogP contribution in [0.4, 0.5) is 0 Å². The van der Waals surface area contributed by atoms with Crippen LogP contribution in [0.3, 0.4) is 0 Å². The van der Waals surface area contributed by atoms with Crippen LogP contribution in [0.2, 0.25) is 0 Å². The van der Waals surface area contributed by atoms with Gasteiger partial charge in [0.05, 0.1) is 11.7 Å². The molecule has 0 spiro atoms. The molecular weight excluding hydrogens is 599 g/mol. The molecule has 0 aliphatic carbocycles. The van der Waals surface area contributed by atoms with Gasteiger partial charge in [-0.1, -0.05) is 140 Å². The number of pyridine rings is 1. The van der Waals surface area contributed by atoms with Crippen LogP contribution < -0.4 is 15.8 Å². The molecule has 0 amide bonds. The summed E-state index contributed by atoms with van der Waals surface area (Å²) in [7, 11) is 0. The fourth-order valence-corrected chi connectivity index (χ4v) is 6.55. The Bertz CT molecular complexity index is 2490. The van der Waals surface area contributed by atoms with E-state index >= 15 is 0 Å². The van der Waals surface area contributed by atoms with Crippen molar-refractivity contribution < 1.29 is 0 Å². The summed E-state index contributed by atoms with van der Waals surface area (Å²) in [4.78, 5) is 19.8. The van der Waals surface area contributed by atoms with Crippen LogP contribution in [0.5, 0.6) is 0 Å². The Kier molecular flexibility index (Phi) is 7.92. The summed E-state index contributed by atoms with van der Waals surface area (Å²) in [6.07, 6.45) is 9.92. The molecule has 0 radical (unpaired) electrons. The highest BCUT2D eigenvalue weighted by molar-refractivity contribution is 5.94. The minimum Gasteiger partial charge on any atom is -0.380 e. The van der Waals surface area contributed by atoms with Gasteiger partial charge < -0.3 is 5.32 Å². The SMILES string of the molecule is C=C/C(c1nc(-c2ccc(-c3nccc4ccccc34)cc2)nc(-c2ccc(C3NC=Cc4ccccc43)cc2)n1)=c1/cccc/c1=C/C. The summed E-state index contributed by atoms with van der Waals surface area (Å²) < 4.78 is 0. The van der Waals surface area contributed by atoms with Gasteiger partial charge in [-0.2, -0.15) is 0 Å².